The molecule has 8 heteroatoms. The van der Waals surface area contributed by atoms with Gasteiger partial charge in [-0.25, -0.2) is 5.10 Å². The van der Waals surface area contributed by atoms with Gasteiger partial charge in [0.25, 0.3) is 5.91 Å². The number of halogens is 2. The number of aromatic nitrogens is 3. The summed E-state index contributed by atoms with van der Waals surface area (Å²) >= 11 is 11.8. The number of amides is 1. The number of aromatic amines is 1. The summed E-state index contributed by atoms with van der Waals surface area (Å²) in [5.41, 5.74) is 0. The quantitative estimate of drug-likeness (QED) is 0.909. The normalized spacial score (nSPS) is 11.9. The third kappa shape index (κ3) is 3.36. The summed E-state index contributed by atoms with van der Waals surface area (Å²) < 4.78 is 5.45. The van der Waals surface area contributed by atoms with Crippen LogP contribution in [-0.2, 0) is 4.79 Å². The van der Waals surface area contributed by atoms with Gasteiger partial charge in [-0.1, -0.05) is 29.3 Å². The van der Waals surface area contributed by atoms with Crippen LogP contribution in [0.1, 0.15) is 6.92 Å². The van der Waals surface area contributed by atoms with Crippen molar-refractivity contribution in [3.05, 3.63) is 34.6 Å². The van der Waals surface area contributed by atoms with Crippen molar-refractivity contribution in [2.75, 3.05) is 5.32 Å². The van der Waals surface area contributed by atoms with E-state index < -0.39 is 6.10 Å². The Morgan fingerprint density at radius 1 is 1.47 bits per heavy atom. The zero-order chi connectivity index (χ0) is 13.8. The van der Waals surface area contributed by atoms with Crippen LogP contribution < -0.4 is 10.1 Å². The molecule has 1 aromatic heterocycles. The molecular formula is C11H10Cl2N4O2. The molecular weight excluding hydrogens is 291 g/mol. The molecule has 0 saturated heterocycles. The zero-order valence-electron chi connectivity index (χ0n) is 9.85. The predicted molar refractivity (Wildman–Crippen MR) is 71.6 cm³/mol. The molecule has 0 aliphatic heterocycles. The second-order valence-electron chi connectivity index (χ2n) is 3.64. The van der Waals surface area contributed by atoms with E-state index in [9.17, 15) is 4.79 Å². The Labute approximate surface area is 119 Å². The average Bonchev–Trinajstić information content (AvgIpc) is 2.87. The average molecular weight is 301 g/mol. The van der Waals surface area contributed by atoms with Gasteiger partial charge in [0.2, 0.25) is 5.95 Å². The van der Waals surface area contributed by atoms with E-state index in [0.717, 1.165) is 0 Å². The van der Waals surface area contributed by atoms with E-state index in [2.05, 4.69) is 20.5 Å². The Bertz CT molecular complexity index is 574. The molecule has 0 aliphatic rings. The van der Waals surface area contributed by atoms with E-state index >= 15 is 0 Å². The summed E-state index contributed by atoms with van der Waals surface area (Å²) in [7, 11) is 0. The van der Waals surface area contributed by atoms with E-state index in [1.165, 1.54) is 6.33 Å². The second kappa shape index (κ2) is 5.90. The Balaban J connectivity index is 2.02. The molecule has 2 rings (SSSR count). The Hall–Kier alpha value is -1.79. The highest BCUT2D eigenvalue weighted by Crippen LogP contribution is 2.32. The first-order chi connectivity index (χ1) is 9.08. The summed E-state index contributed by atoms with van der Waals surface area (Å²) in [6.45, 7) is 1.59. The minimum atomic E-state index is -0.763. The van der Waals surface area contributed by atoms with Gasteiger partial charge in [-0.15, -0.1) is 0 Å². The van der Waals surface area contributed by atoms with Crippen LogP contribution in [0.3, 0.4) is 0 Å². The predicted octanol–water partition coefficient (Wildman–Crippen LogP) is 2.52. The molecule has 19 heavy (non-hydrogen) atoms. The molecule has 0 spiro atoms. The molecule has 2 N–H and O–H groups in total. The number of anilines is 1. The number of rotatable bonds is 4. The molecule has 1 unspecified atom stereocenters. The number of nitrogens with zero attached hydrogens (tertiary/aromatic N) is 2. The van der Waals surface area contributed by atoms with Gasteiger partial charge in [-0.05, 0) is 19.1 Å². The van der Waals surface area contributed by atoms with Crippen molar-refractivity contribution in [3.8, 4) is 5.75 Å². The lowest BCUT2D eigenvalue weighted by molar-refractivity contribution is -0.122. The van der Waals surface area contributed by atoms with Gasteiger partial charge < -0.3 is 4.74 Å². The van der Waals surface area contributed by atoms with Crippen LogP contribution in [0.5, 0.6) is 5.75 Å². The molecule has 1 aromatic carbocycles. The summed E-state index contributed by atoms with van der Waals surface area (Å²) in [6.07, 6.45) is 0.524. The van der Waals surface area contributed by atoms with Crippen molar-refractivity contribution < 1.29 is 9.53 Å². The molecule has 6 nitrogen and oxygen atoms in total. The molecule has 100 valence electrons. The summed E-state index contributed by atoms with van der Waals surface area (Å²) in [4.78, 5) is 15.6. The number of nitrogens with one attached hydrogen (secondary N) is 2. The zero-order valence-corrected chi connectivity index (χ0v) is 11.4. The number of H-pyrrole nitrogens is 1. The van der Waals surface area contributed by atoms with E-state index in [-0.39, 0.29) is 16.9 Å². The topological polar surface area (TPSA) is 79.9 Å². The van der Waals surface area contributed by atoms with Crippen LogP contribution in [0.25, 0.3) is 0 Å². The van der Waals surface area contributed by atoms with Crippen molar-refractivity contribution in [1.29, 1.82) is 0 Å². The number of ether oxygens (including phenoxy) is 1. The van der Waals surface area contributed by atoms with Gasteiger partial charge in [0.15, 0.2) is 6.10 Å². The maximum Gasteiger partial charge on any atom is 0.267 e. The fraction of sp³-hybridized carbons (Fsp3) is 0.182. The van der Waals surface area contributed by atoms with Gasteiger partial charge in [0, 0.05) is 0 Å². The molecule has 1 heterocycles. The highest BCUT2D eigenvalue weighted by Gasteiger charge is 2.17. The summed E-state index contributed by atoms with van der Waals surface area (Å²) in [5.74, 6) is 0.208. The third-order valence-corrected chi connectivity index (χ3v) is 3.05. The SMILES string of the molecule is CC(Oc1cccc(Cl)c1Cl)C(=O)Nc1ncn[nH]1. The largest absolute Gasteiger partial charge is 0.479 e. The van der Waals surface area contributed by atoms with Crippen molar-refractivity contribution in [1.82, 2.24) is 15.2 Å². The van der Waals surface area contributed by atoms with Gasteiger partial charge >= 0.3 is 0 Å². The molecule has 0 radical (unpaired) electrons. The van der Waals surface area contributed by atoms with Gasteiger partial charge in [-0.2, -0.15) is 10.1 Å². The van der Waals surface area contributed by atoms with Crippen molar-refractivity contribution in [2.24, 2.45) is 0 Å². The first-order valence-corrected chi connectivity index (χ1v) is 6.10. The Morgan fingerprint density at radius 3 is 2.95 bits per heavy atom. The molecule has 0 fully saturated rings. The van der Waals surface area contributed by atoms with Crippen molar-refractivity contribution in [2.45, 2.75) is 13.0 Å². The highest BCUT2D eigenvalue weighted by atomic mass is 35.5. The van der Waals surface area contributed by atoms with Crippen LogP contribution >= 0.6 is 23.2 Å². The molecule has 0 bridgehead atoms. The number of hydrogen-bond donors (Lipinski definition) is 2. The second-order valence-corrected chi connectivity index (χ2v) is 4.42. The lowest BCUT2D eigenvalue weighted by Crippen LogP contribution is -2.30. The van der Waals surface area contributed by atoms with Crippen LogP contribution in [-0.4, -0.2) is 27.2 Å². The summed E-state index contributed by atoms with van der Waals surface area (Å²) in [6, 6.07) is 4.95. The lowest BCUT2D eigenvalue weighted by Gasteiger charge is -2.15. The van der Waals surface area contributed by atoms with Crippen LogP contribution in [0.4, 0.5) is 5.95 Å². The molecule has 0 saturated carbocycles. The Morgan fingerprint density at radius 2 is 2.26 bits per heavy atom. The fourth-order valence-corrected chi connectivity index (χ4v) is 1.64. The molecule has 0 aliphatic carbocycles. The van der Waals surface area contributed by atoms with Crippen molar-refractivity contribution >= 4 is 35.1 Å². The lowest BCUT2D eigenvalue weighted by atomic mass is 10.3. The molecule has 2 aromatic rings. The van der Waals surface area contributed by atoms with Crippen LogP contribution in [0.2, 0.25) is 10.0 Å². The monoisotopic (exact) mass is 300 g/mol. The number of carbonyl (C=O) groups is 1. The minimum Gasteiger partial charge on any atom is -0.479 e. The highest BCUT2D eigenvalue weighted by molar-refractivity contribution is 6.42. The van der Waals surface area contributed by atoms with Crippen LogP contribution in [0.15, 0.2) is 24.5 Å². The maximum atomic E-state index is 11.8. The van der Waals surface area contributed by atoms with E-state index in [0.29, 0.717) is 10.8 Å². The molecule has 1 atom stereocenters. The third-order valence-electron chi connectivity index (χ3n) is 2.25. The van der Waals surface area contributed by atoms with Gasteiger partial charge in [0.1, 0.15) is 17.1 Å². The first-order valence-electron chi connectivity index (χ1n) is 5.35. The fourth-order valence-electron chi connectivity index (χ4n) is 1.30. The Kier molecular flexibility index (Phi) is 4.24. The van der Waals surface area contributed by atoms with Gasteiger partial charge in [0.05, 0.1) is 5.02 Å². The number of carbonyl (C=O) groups excluding carboxylic acids is 1. The number of benzene rings is 1. The minimum absolute atomic E-state index is 0.248. The van der Waals surface area contributed by atoms with E-state index in [1.54, 1.807) is 25.1 Å². The first kappa shape index (κ1) is 13.6. The van der Waals surface area contributed by atoms with E-state index in [1.807, 2.05) is 0 Å². The van der Waals surface area contributed by atoms with Crippen LogP contribution in [0, 0.1) is 0 Å². The number of hydrogen-bond acceptors (Lipinski definition) is 4. The van der Waals surface area contributed by atoms with Crippen molar-refractivity contribution in [3.63, 3.8) is 0 Å². The smallest absolute Gasteiger partial charge is 0.267 e. The van der Waals surface area contributed by atoms with E-state index in [4.69, 9.17) is 27.9 Å². The standard InChI is InChI=1S/C11H10Cl2N4O2/c1-6(10(18)16-11-14-5-15-17-11)19-8-4-2-3-7(12)9(8)13/h2-6H,1H3,(H2,14,15,16,17,18). The maximum absolute atomic E-state index is 11.8. The molecule has 1 amide bonds. The summed E-state index contributed by atoms with van der Waals surface area (Å²) in [5, 5.41) is 9.26. The van der Waals surface area contributed by atoms with Gasteiger partial charge in [-0.3, -0.25) is 10.1 Å².